The highest BCUT2D eigenvalue weighted by atomic mass is 127. The van der Waals surface area contributed by atoms with Gasteiger partial charge in [-0.2, -0.15) is 0 Å². The molecule has 0 fully saturated rings. The van der Waals surface area contributed by atoms with Crippen molar-refractivity contribution in [2.45, 2.75) is 25.8 Å². The van der Waals surface area contributed by atoms with Gasteiger partial charge in [-0.1, -0.05) is 0 Å². The SMILES string of the molecule is CCOC(=O)C(C)(Cc1cc(F)c(F)c2ccn(SI)c12)N(C)C. The van der Waals surface area contributed by atoms with Gasteiger partial charge in [-0.25, -0.2) is 8.78 Å². The number of halogens is 3. The standard InChI is InChI=1S/C16H19F2IN2O2S/c1-5-23-15(22)16(2,20(3)4)9-10-8-12(17)13(18)11-6-7-21(24-19)14(10)11/h6-8H,5,9H2,1-4H3. The molecule has 132 valence electrons. The van der Waals surface area contributed by atoms with E-state index >= 15 is 0 Å². The quantitative estimate of drug-likeness (QED) is 0.471. The smallest absolute Gasteiger partial charge is 0.326 e. The fraction of sp³-hybridized carbons (Fsp3) is 0.438. The molecule has 0 amide bonds. The van der Waals surface area contributed by atoms with E-state index in [0.717, 1.165) is 0 Å². The summed E-state index contributed by atoms with van der Waals surface area (Å²) in [5.74, 6) is -2.19. The van der Waals surface area contributed by atoms with Gasteiger partial charge in [0.15, 0.2) is 11.6 Å². The first-order valence-electron chi connectivity index (χ1n) is 7.38. The number of hydrogen-bond acceptors (Lipinski definition) is 4. The normalized spacial score (nSPS) is 14.2. The van der Waals surface area contributed by atoms with Crippen LogP contribution in [0.5, 0.6) is 0 Å². The van der Waals surface area contributed by atoms with Crippen molar-refractivity contribution < 1.29 is 18.3 Å². The monoisotopic (exact) mass is 468 g/mol. The number of benzene rings is 1. The summed E-state index contributed by atoms with van der Waals surface area (Å²) in [5.41, 5.74) is 0.145. The second-order valence-corrected chi connectivity index (χ2v) is 7.58. The van der Waals surface area contributed by atoms with Crippen molar-refractivity contribution in [3.05, 3.63) is 35.5 Å². The number of rotatable bonds is 6. The van der Waals surface area contributed by atoms with Crippen LogP contribution in [-0.4, -0.2) is 41.1 Å². The summed E-state index contributed by atoms with van der Waals surface area (Å²) in [7, 11) is 4.88. The summed E-state index contributed by atoms with van der Waals surface area (Å²) in [6, 6.07) is 2.71. The minimum Gasteiger partial charge on any atom is -0.465 e. The van der Waals surface area contributed by atoms with E-state index in [0.29, 0.717) is 11.1 Å². The average Bonchev–Trinajstić information content (AvgIpc) is 2.96. The molecule has 0 saturated carbocycles. The van der Waals surface area contributed by atoms with Gasteiger partial charge in [0.1, 0.15) is 5.54 Å². The van der Waals surface area contributed by atoms with Crippen LogP contribution in [0.3, 0.4) is 0 Å². The number of aromatic nitrogens is 1. The number of fused-ring (bicyclic) bond motifs is 1. The zero-order chi connectivity index (χ0) is 18.1. The lowest BCUT2D eigenvalue weighted by Gasteiger charge is -2.34. The molecular weight excluding hydrogens is 449 g/mol. The van der Waals surface area contributed by atoms with Crippen LogP contribution < -0.4 is 0 Å². The number of nitrogens with zero attached hydrogens (tertiary/aromatic N) is 2. The summed E-state index contributed by atoms with van der Waals surface area (Å²) < 4.78 is 35.1. The molecule has 24 heavy (non-hydrogen) atoms. The molecule has 1 aromatic heterocycles. The fourth-order valence-electron chi connectivity index (χ4n) is 2.58. The van der Waals surface area contributed by atoms with Crippen LogP contribution in [0.4, 0.5) is 8.78 Å². The topological polar surface area (TPSA) is 34.5 Å². The first kappa shape index (κ1) is 19.5. The Hall–Kier alpha value is -0.870. The van der Waals surface area contributed by atoms with Gasteiger partial charge >= 0.3 is 5.97 Å². The van der Waals surface area contributed by atoms with Gasteiger partial charge in [0, 0.05) is 48.3 Å². The Morgan fingerprint density at radius 1 is 1.46 bits per heavy atom. The van der Waals surface area contributed by atoms with Crippen LogP contribution in [-0.2, 0) is 16.0 Å². The van der Waals surface area contributed by atoms with Gasteiger partial charge in [0.2, 0.25) is 0 Å². The van der Waals surface area contributed by atoms with Gasteiger partial charge in [-0.15, -0.1) is 0 Å². The Morgan fingerprint density at radius 3 is 2.67 bits per heavy atom. The highest BCUT2D eigenvalue weighted by Gasteiger charge is 2.38. The molecule has 1 unspecified atom stereocenters. The van der Waals surface area contributed by atoms with E-state index in [1.807, 2.05) is 0 Å². The molecular formula is C16H19F2IN2O2S. The molecule has 2 rings (SSSR count). The van der Waals surface area contributed by atoms with Crippen molar-refractivity contribution in [2.75, 3.05) is 20.7 Å². The molecule has 2 aromatic rings. The second-order valence-electron chi connectivity index (χ2n) is 5.87. The Balaban J connectivity index is 2.60. The number of carbonyl (C=O) groups is 1. The predicted molar refractivity (Wildman–Crippen MR) is 101 cm³/mol. The van der Waals surface area contributed by atoms with Crippen molar-refractivity contribution in [3.8, 4) is 0 Å². The summed E-state index contributed by atoms with van der Waals surface area (Å²) in [5, 5.41) is 0.208. The van der Waals surface area contributed by atoms with E-state index in [1.165, 1.54) is 15.2 Å². The summed E-state index contributed by atoms with van der Waals surface area (Å²) in [6.07, 6.45) is 1.89. The molecule has 0 aliphatic heterocycles. The summed E-state index contributed by atoms with van der Waals surface area (Å²) >= 11 is 2.07. The predicted octanol–water partition coefficient (Wildman–Crippen LogP) is 4.19. The third kappa shape index (κ3) is 3.41. The number of ether oxygens (including phenoxy) is 1. The minimum atomic E-state index is -0.988. The number of hydrogen-bond donors (Lipinski definition) is 0. The first-order valence-corrected chi connectivity index (χ1v) is 10.7. The fourth-order valence-corrected chi connectivity index (χ4v) is 3.96. The Kier molecular flexibility index (Phi) is 6.14. The van der Waals surface area contributed by atoms with E-state index in [-0.39, 0.29) is 18.4 Å². The van der Waals surface area contributed by atoms with E-state index < -0.39 is 23.1 Å². The molecule has 0 saturated heterocycles. The zero-order valence-electron chi connectivity index (χ0n) is 13.9. The lowest BCUT2D eigenvalue weighted by molar-refractivity contribution is -0.155. The maximum absolute atomic E-state index is 14.1. The first-order chi connectivity index (χ1) is 11.3. The molecule has 1 heterocycles. The second kappa shape index (κ2) is 7.57. The molecule has 8 heteroatoms. The van der Waals surface area contributed by atoms with E-state index in [4.69, 9.17) is 4.74 Å². The van der Waals surface area contributed by atoms with Crippen LogP contribution >= 0.6 is 30.3 Å². The molecule has 0 bridgehead atoms. The van der Waals surface area contributed by atoms with Crippen molar-refractivity contribution in [1.82, 2.24) is 8.87 Å². The molecule has 0 N–H and O–H groups in total. The highest BCUT2D eigenvalue weighted by Crippen LogP contribution is 2.33. The molecule has 0 aliphatic carbocycles. The molecule has 0 radical (unpaired) electrons. The van der Waals surface area contributed by atoms with Crippen LogP contribution in [0.2, 0.25) is 0 Å². The summed E-state index contributed by atoms with van der Waals surface area (Å²) in [4.78, 5) is 14.2. The van der Waals surface area contributed by atoms with E-state index in [1.54, 1.807) is 49.1 Å². The van der Waals surface area contributed by atoms with Crippen molar-refractivity contribution in [3.63, 3.8) is 0 Å². The third-order valence-electron chi connectivity index (χ3n) is 4.21. The van der Waals surface area contributed by atoms with Crippen molar-refractivity contribution in [2.24, 2.45) is 0 Å². The van der Waals surface area contributed by atoms with Crippen molar-refractivity contribution in [1.29, 1.82) is 0 Å². The summed E-state index contributed by atoms with van der Waals surface area (Å²) in [6.45, 7) is 3.74. The Bertz CT molecular complexity index is 766. The Labute approximate surface area is 156 Å². The van der Waals surface area contributed by atoms with Crippen LogP contribution in [0.25, 0.3) is 10.9 Å². The molecule has 0 spiro atoms. The molecule has 1 aromatic carbocycles. The number of carbonyl (C=O) groups excluding carboxylic acids is 1. The number of esters is 1. The third-order valence-corrected chi connectivity index (χ3v) is 5.94. The van der Waals surface area contributed by atoms with Crippen LogP contribution in [0, 0.1) is 11.6 Å². The van der Waals surface area contributed by atoms with Crippen LogP contribution in [0.1, 0.15) is 19.4 Å². The Morgan fingerprint density at radius 2 is 2.12 bits per heavy atom. The molecule has 0 aliphatic rings. The maximum atomic E-state index is 14.1. The zero-order valence-corrected chi connectivity index (χ0v) is 16.9. The van der Waals surface area contributed by atoms with E-state index in [9.17, 15) is 13.6 Å². The van der Waals surface area contributed by atoms with Gasteiger partial charge < -0.3 is 4.74 Å². The van der Waals surface area contributed by atoms with Gasteiger partial charge in [0.25, 0.3) is 0 Å². The minimum absolute atomic E-state index is 0.202. The molecule has 1 atom stereocenters. The maximum Gasteiger partial charge on any atom is 0.326 e. The number of likely N-dealkylation sites (N-methyl/N-ethyl adjacent to an activating group) is 1. The van der Waals surface area contributed by atoms with Crippen LogP contribution in [0.15, 0.2) is 18.3 Å². The average molecular weight is 468 g/mol. The van der Waals surface area contributed by atoms with E-state index in [2.05, 4.69) is 21.2 Å². The van der Waals surface area contributed by atoms with Gasteiger partial charge in [-0.05, 0) is 45.6 Å². The lowest BCUT2D eigenvalue weighted by Crippen LogP contribution is -2.51. The highest BCUT2D eigenvalue weighted by molar-refractivity contribution is 14.2. The molecule has 4 nitrogen and oxygen atoms in total. The van der Waals surface area contributed by atoms with Gasteiger partial charge in [0.05, 0.1) is 12.1 Å². The van der Waals surface area contributed by atoms with Gasteiger partial charge in [-0.3, -0.25) is 13.7 Å². The van der Waals surface area contributed by atoms with Crippen molar-refractivity contribution >= 4 is 47.2 Å². The largest absolute Gasteiger partial charge is 0.465 e. The lowest BCUT2D eigenvalue weighted by atomic mass is 9.90.